The summed E-state index contributed by atoms with van der Waals surface area (Å²) in [4.78, 5) is 46.2. The van der Waals surface area contributed by atoms with E-state index in [4.69, 9.17) is 21.1 Å². The summed E-state index contributed by atoms with van der Waals surface area (Å²) in [6, 6.07) is 14.8. The fourth-order valence-corrected chi connectivity index (χ4v) is 11.0. The van der Waals surface area contributed by atoms with Crippen LogP contribution in [-0.2, 0) is 25.8 Å². The van der Waals surface area contributed by atoms with Gasteiger partial charge in [-0.25, -0.2) is 18.4 Å². The number of carbonyl (C=O) groups excluding carboxylic acids is 2. The van der Waals surface area contributed by atoms with Gasteiger partial charge in [-0.1, -0.05) is 57.2 Å². The number of aliphatic hydroxyl groups excluding tert-OH is 1. The summed E-state index contributed by atoms with van der Waals surface area (Å²) in [7, 11) is 0.163. The van der Waals surface area contributed by atoms with Crippen LogP contribution in [0.3, 0.4) is 0 Å². The van der Waals surface area contributed by atoms with Crippen molar-refractivity contribution < 1.29 is 32.6 Å². The molecule has 6 rings (SSSR count). The highest BCUT2D eigenvalue weighted by atomic mass is 35.5. The van der Waals surface area contributed by atoms with Crippen LogP contribution in [0.5, 0.6) is 11.5 Å². The number of benzene rings is 3. The Labute approximate surface area is 446 Å². The highest BCUT2D eigenvalue weighted by molar-refractivity contribution is 7.92. The number of allylic oxidation sites excluding steroid dienone is 1. The summed E-state index contributed by atoms with van der Waals surface area (Å²) in [5.41, 5.74) is 7.98. The predicted molar refractivity (Wildman–Crippen MR) is 297 cm³/mol. The Balaban J connectivity index is 1.01. The second kappa shape index (κ2) is 25.2. The number of para-hydroxylation sites is 1. The molecule has 19 heteroatoms. The van der Waals surface area contributed by atoms with Crippen LogP contribution in [0.1, 0.15) is 103 Å². The maximum atomic E-state index is 13.9. The molecule has 0 saturated carbocycles. The number of halogens is 1. The zero-order valence-corrected chi connectivity index (χ0v) is 47.0. The molecule has 2 amide bonds. The highest BCUT2D eigenvalue weighted by Gasteiger charge is 2.44. The van der Waals surface area contributed by atoms with Crippen LogP contribution in [-0.4, -0.2) is 114 Å². The van der Waals surface area contributed by atoms with Crippen LogP contribution in [0.4, 0.5) is 23.1 Å². The number of aryl methyl sites for hydroxylation is 2. The Bertz CT molecular complexity index is 2890. The molecule has 0 bridgehead atoms. The first-order valence-corrected chi connectivity index (χ1v) is 27.9. The Morgan fingerprint density at radius 3 is 2.41 bits per heavy atom. The van der Waals surface area contributed by atoms with Crippen LogP contribution < -0.4 is 30.7 Å². The van der Waals surface area contributed by atoms with Gasteiger partial charge < -0.3 is 45.6 Å². The lowest BCUT2D eigenvalue weighted by molar-refractivity contribution is -0.142. The smallest absolute Gasteiger partial charge is 0.246 e. The number of carbonyl (C=O) groups is 2. The third-order valence-corrected chi connectivity index (χ3v) is 16.6. The highest BCUT2D eigenvalue weighted by Crippen LogP contribution is 2.38. The molecule has 1 aliphatic rings. The second-order valence-electron chi connectivity index (χ2n) is 20.5. The van der Waals surface area contributed by atoms with Crippen molar-refractivity contribution in [2.24, 2.45) is 5.41 Å². The van der Waals surface area contributed by atoms with Gasteiger partial charge in [-0.2, -0.15) is 4.98 Å². The minimum Gasteiger partial charge on any atom is -0.495 e. The first-order chi connectivity index (χ1) is 35.0. The zero-order valence-electron chi connectivity index (χ0n) is 44.6. The first kappa shape index (κ1) is 57.5. The minimum absolute atomic E-state index is 0.0806. The third kappa shape index (κ3) is 14.5. The van der Waals surface area contributed by atoms with E-state index in [0.717, 1.165) is 71.6 Å². The minimum atomic E-state index is -3.58. The molecule has 1 saturated heterocycles. The second-order valence-corrected chi connectivity index (χ2v) is 24.3. The lowest BCUT2D eigenvalue weighted by Gasteiger charge is -2.36. The Morgan fingerprint density at radius 2 is 1.73 bits per heavy atom. The molecule has 0 unspecified atom stereocenters. The number of amides is 2. The molecule has 2 aromatic heterocycles. The Kier molecular flexibility index (Phi) is 19.5. The topological polar surface area (TPSA) is 200 Å². The number of β-amino-alcohol motifs (C(OH)–C–C–N with tert-alkyl or cyclic N) is 1. The summed E-state index contributed by atoms with van der Waals surface area (Å²) in [5, 5.41) is 23.0. The lowest BCUT2D eigenvalue weighted by atomic mass is 9.85. The fourth-order valence-electron chi connectivity index (χ4n) is 8.80. The number of likely N-dealkylation sites (N-methyl/N-ethyl adjacent to an activating group) is 1. The molecule has 1 fully saturated rings. The van der Waals surface area contributed by atoms with Crippen LogP contribution in [0, 0.1) is 19.3 Å². The number of hydrogen-bond donors (Lipinski definition) is 5. The average molecular weight is 1070 g/mol. The van der Waals surface area contributed by atoms with Crippen LogP contribution in [0.25, 0.3) is 10.4 Å². The molecule has 5 N–H and O–H groups in total. The van der Waals surface area contributed by atoms with Crippen molar-refractivity contribution in [1.29, 1.82) is 0 Å². The van der Waals surface area contributed by atoms with Gasteiger partial charge >= 0.3 is 0 Å². The number of anilines is 4. The zero-order chi connectivity index (χ0) is 54.1. The molecule has 74 heavy (non-hydrogen) atoms. The number of nitrogens with one attached hydrogen (secondary N) is 4. The molecule has 3 heterocycles. The van der Waals surface area contributed by atoms with Gasteiger partial charge in [0.1, 0.15) is 28.6 Å². The monoisotopic (exact) mass is 1070 g/mol. The molecule has 3 aromatic carbocycles. The van der Waals surface area contributed by atoms with Gasteiger partial charge in [0.2, 0.25) is 17.8 Å². The van der Waals surface area contributed by atoms with Gasteiger partial charge in [0.05, 0.1) is 69.7 Å². The van der Waals surface area contributed by atoms with Gasteiger partial charge in [-0.15, -0.1) is 11.3 Å². The number of aliphatic hydroxyl groups is 1. The van der Waals surface area contributed by atoms with E-state index in [-0.39, 0.29) is 46.5 Å². The van der Waals surface area contributed by atoms with Crippen molar-refractivity contribution in [3.63, 3.8) is 0 Å². The number of ether oxygens (including phenoxy) is 2. The van der Waals surface area contributed by atoms with Gasteiger partial charge in [-0.05, 0) is 139 Å². The van der Waals surface area contributed by atoms with E-state index in [1.807, 2.05) is 70.5 Å². The van der Waals surface area contributed by atoms with Crippen molar-refractivity contribution >= 4 is 67.7 Å². The number of sulfone groups is 1. The summed E-state index contributed by atoms with van der Waals surface area (Å²) in [6.07, 6.45) is 4.42. The Morgan fingerprint density at radius 1 is 0.986 bits per heavy atom. The number of likely N-dealkylation sites (tertiary alicyclic amines) is 1. The number of unbranched alkanes of at least 4 members (excludes halogenated alkanes) is 2. The molecule has 16 nitrogen and oxygen atoms in total. The van der Waals surface area contributed by atoms with Gasteiger partial charge in [0.25, 0.3) is 0 Å². The number of aromatic nitrogens is 3. The maximum Gasteiger partial charge on any atom is 0.246 e. The van der Waals surface area contributed by atoms with E-state index in [1.165, 1.54) is 11.1 Å². The molecule has 0 spiro atoms. The van der Waals surface area contributed by atoms with Crippen molar-refractivity contribution in [2.75, 3.05) is 51.0 Å². The third-order valence-electron chi connectivity index (χ3n) is 13.1. The molecule has 4 atom stereocenters. The van der Waals surface area contributed by atoms with Gasteiger partial charge in [0.15, 0.2) is 15.7 Å². The standard InChI is InChI=1S/C55H74ClN9O7S2/c1-33(2)59-50(55(8,9)10)53(68)65-31-40(66)29-45(65)52(67)60-36(6)39-20-21-41(49-37(7)58-32-73-49)46(28-39)72-25-17-13-16-23-64(11)24-22-38-27-47(71-12)44(26-35(38)5)62-54-57-30-42(56)51(63-54)61-43-18-14-15-19-48(43)74(69,70)34(3)4/h14-15,18-21,26-28,30,32,34,36,40,45,50,59,66H,1,13,16-17,22-25,29,31H2,2-12H3,(H,60,67)(H2,57,61,62,63)/t36-,40+,45-,50+/m0/s1. The maximum absolute atomic E-state index is 13.9. The number of thiazole rings is 1. The molecule has 0 radical (unpaired) electrons. The van der Waals surface area contributed by atoms with E-state index < -0.39 is 44.7 Å². The molecule has 5 aromatic rings. The Hall–Kier alpha value is -5.79. The number of rotatable bonds is 24. The summed E-state index contributed by atoms with van der Waals surface area (Å²) in [5.74, 6) is 1.28. The van der Waals surface area contributed by atoms with Crippen molar-refractivity contribution in [2.45, 2.75) is 129 Å². The molecular weight excluding hydrogens is 998 g/mol. The molecule has 400 valence electrons. The number of methoxy groups -OCH3 is 1. The van der Waals surface area contributed by atoms with Gasteiger partial charge in [-0.3, -0.25) is 9.59 Å². The van der Waals surface area contributed by atoms with E-state index in [0.29, 0.717) is 35.2 Å². The van der Waals surface area contributed by atoms with E-state index >= 15 is 0 Å². The predicted octanol–water partition coefficient (Wildman–Crippen LogP) is 9.95. The van der Waals surface area contributed by atoms with Crippen LogP contribution in [0.2, 0.25) is 5.02 Å². The summed E-state index contributed by atoms with van der Waals surface area (Å²) < 4.78 is 38.5. The summed E-state index contributed by atoms with van der Waals surface area (Å²) in [6.45, 7) is 23.2. The van der Waals surface area contributed by atoms with Crippen molar-refractivity contribution in [3.8, 4) is 21.9 Å². The lowest BCUT2D eigenvalue weighted by Crippen LogP contribution is -2.56. The molecule has 1 aliphatic heterocycles. The summed E-state index contributed by atoms with van der Waals surface area (Å²) >= 11 is 8.05. The van der Waals surface area contributed by atoms with Crippen LogP contribution in [0.15, 0.2) is 83.5 Å². The van der Waals surface area contributed by atoms with E-state index in [2.05, 4.69) is 61.7 Å². The first-order valence-electron chi connectivity index (χ1n) is 25.1. The SMILES string of the molecule is C=C(C)N[C@H](C(=O)N1C[C@H](O)C[C@H]1C(=O)N[C@@H](C)c1ccc(-c2scnc2C)c(OCCCCCN(C)CCc2cc(OC)c(Nc3ncc(Cl)c(Nc4ccccc4S(=O)(=O)C(C)C)n3)cc2C)c1)C(C)(C)C. The normalized spacial score (nSPS) is 15.7. The number of nitrogens with zero attached hydrogens (tertiary/aromatic N) is 5. The fraction of sp³-hybridized carbons (Fsp3) is 0.473. The van der Waals surface area contributed by atoms with Crippen molar-refractivity contribution in [3.05, 3.63) is 106 Å². The van der Waals surface area contributed by atoms with Gasteiger partial charge in [0, 0.05) is 30.8 Å². The van der Waals surface area contributed by atoms with E-state index in [1.54, 1.807) is 63.5 Å². The van der Waals surface area contributed by atoms with Crippen molar-refractivity contribution in [1.82, 2.24) is 35.4 Å². The van der Waals surface area contributed by atoms with E-state index in [9.17, 15) is 23.1 Å². The average Bonchev–Trinajstić information content (AvgIpc) is 3.96. The molecule has 0 aliphatic carbocycles. The quantitative estimate of drug-likeness (QED) is 0.0366. The molecular formula is C55H74ClN9O7S2. The largest absolute Gasteiger partial charge is 0.495 e. The van der Waals surface area contributed by atoms with Crippen LogP contribution >= 0.6 is 22.9 Å². The number of hydrogen-bond acceptors (Lipinski definition) is 15.